The second kappa shape index (κ2) is 7.43. The van der Waals surface area contributed by atoms with E-state index in [9.17, 15) is 19.5 Å². The molecule has 2 N–H and O–H groups in total. The molecule has 0 unspecified atom stereocenters. The number of nitrogens with one attached hydrogen (secondary N) is 1. The summed E-state index contributed by atoms with van der Waals surface area (Å²) in [6, 6.07) is -2.24. The van der Waals surface area contributed by atoms with Crippen LogP contribution in [0.25, 0.3) is 0 Å². The van der Waals surface area contributed by atoms with E-state index < -0.39 is 47.8 Å². The number of hydrogen-bond donors (Lipinski definition) is 2. The summed E-state index contributed by atoms with van der Waals surface area (Å²) in [4.78, 5) is 38.4. The summed E-state index contributed by atoms with van der Waals surface area (Å²) in [5.41, 5.74) is -0.689. The maximum Gasteiger partial charge on any atom is 0.408 e. The molecular weight excluding hydrogens is 328 g/mol. The molecule has 0 saturated carbocycles. The van der Waals surface area contributed by atoms with E-state index >= 15 is 0 Å². The van der Waals surface area contributed by atoms with Gasteiger partial charge in [-0.2, -0.15) is 0 Å². The monoisotopic (exact) mass is 354 g/mol. The van der Waals surface area contributed by atoms with Gasteiger partial charge in [0.1, 0.15) is 17.7 Å². The van der Waals surface area contributed by atoms with Crippen LogP contribution in [0.4, 0.5) is 4.79 Å². The van der Waals surface area contributed by atoms with Crippen LogP contribution in [0.3, 0.4) is 0 Å². The molecule has 25 heavy (non-hydrogen) atoms. The Hall–Kier alpha value is -2.09. The van der Waals surface area contributed by atoms with Crippen LogP contribution in [0, 0.1) is 0 Å². The number of carbonyl (C=O) groups excluding carboxylic acids is 3. The predicted octanol–water partition coefficient (Wildman–Crippen LogP) is 0.733. The van der Waals surface area contributed by atoms with E-state index in [1.165, 1.54) is 12.0 Å². The Kier molecular flexibility index (Phi) is 5.72. The van der Waals surface area contributed by atoms with Crippen LogP contribution in [0.1, 0.15) is 40.0 Å². The number of fused-ring (bicyclic) bond motifs is 1. The highest BCUT2D eigenvalue weighted by molar-refractivity contribution is 5.91. The molecule has 0 aliphatic carbocycles. The van der Waals surface area contributed by atoms with E-state index in [0.29, 0.717) is 6.42 Å². The lowest BCUT2D eigenvalue weighted by Crippen LogP contribution is -2.55. The van der Waals surface area contributed by atoms with Crippen LogP contribution >= 0.6 is 0 Å². The Bertz CT molecular complexity index is 568. The third-order valence-corrected chi connectivity index (χ3v) is 4.23. The predicted molar refractivity (Wildman–Crippen MR) is 88.6 cm³/mol. The molecule has 0 aromatic carbocycles. The van der Waals surface area contributed by atoms with Crippen molar-refractivity contribution in [2.75, 3.05) is 7.11 Å². The van der Waals surface area contributed by atoms with Crippen molar-refractivity contribution in [2.45, 2.75) is 69.9 Å². The van der Waals surface area contributed by atoms with Gasteiger partial charge in [0, 0.05) is 6.42 Å². The zero-order chi connectivity index (χ0) is 18.8. The normalized spacial score (nSPS) is 30.8. The highest BCUT2D eigenvalue weighted by atomic mass is 16.6. The molecule has 2 rings (SSSR count). The highest BCUT2D eigenvalue weighted by Gasteiger charge is 2.48. The summed E-state index contributed by atoms with van der Waals surface area (Å²) in [7, 11) is 1.24. The smallest absolute Gasteiger partial charge is 0.408 e. The fourth-order valence-electron chi connectivity index (χ4n) is 3.17. The third-order valence-electron chi connectivity index (χ3n) is 4.23. The highest BCUT2D eigenvalue weighted by Crippen LogP contribution is 2.30. The summed E-state index contributed by atoms with van der Waals surface area (Å²) in [6.45, 7) is 5.19. The van der Waals surface area contributed by atoms with E-state index in [0.717, 1.165) is 0 Å². The molecule has 0 aromatic heterocycles. The molecule has 1 fully saturated rings. The summed E-state index contributed by atoms with van der Waals surface area (Å²) in [5.74, 6) is -0.998. The summed E-state index contributed by atoms with van der Waals surface area (Å²) in [6.07, 6.45) is 2.95. The van der Waals surface area contributed by atoms with Gasteiger partial charge < -0.3 is 24.8 Å². The van der Waals surface area contributed by atoms with Gasteiger partial charge in [0.15, 0.2) is 0 Å². The molecule has 1 saturated heterocycles. The number of nitrogens with zero attached hydrogens (tertiary/aromatic N) is 1. The van der Waals surface area contributed by atoms with Crippen molar-refractivity contribution in [1.82, 2.24) is 10.2 Å². The van der Waals surface area contributed by atoms with Gasteiger partial charge in [0.2, 0.25) is 5.91 Å². The average molecular weight is 354 g/mol. The standard InChI is InChI=1S/C17H26N2O6/c1-17(2,3)25-16(23)18-10-7-5-6-8-11-13(20)9-12(15(22)24-4)19(11)14(10)21/h5-6,10-13,20H,7-9H2,1-4H3,(H,18,23)/b6-5-/t10-,11-,12-,13+/m0/s1. The summed E-state index contributed by atoms with van der Waals surface area (Å²) < 4.78 is 9.96. The number of rotatable bonds is 2. The van der Waals surface area contributed by atoms with Gasteiger partial charge in [-0.1, -0.05) is 12.2 Å². The van der Waals surface area contributed by atoms with E-state index in [1.807, 2.05) is 6.08 Å². The number of methoxy groups -OCH3 is 1. The lowest BCUT2D eigenvalue weighted by molar-refractivity contribution is -0.153. The quantitative estimate of drug-likeness (QED) is 0.560. The Morgan fingerprint density at radius 3 is 2.52 bits per heavy atom. The zero-order valence-corrected chi connectivity index (χ0v) is 15.0. The largest absolute Gasteiger partial charge is 0.467 e. The van der Waals surface area contributed by atoms with E-state index in [1.54, 1.807) is 26.8 Å². The first-order chi connectivity index (χ1) is 11.6. The molecule has 140 valence electrons. The fourth-order valence-corrected chi connectivity index (χ4v) is 3.17. The van der Waals surface area contributed by atoms with Gasteiger partial charge in [-0.25, -0.2) is 9.59 Å². The van der Waals surface area contributed by atoms with Gasteiger partial charge in [-0.15, -0.1) is 0 Å². The number of esters is 1. The first-order valence-electron chi connectivity index (χ1n) is 8.36. The number of aliphatic hydroxyl groups is 1. The van der Waals surface area contributed by atoms with Crippen molar-refractivity contribution < 1.29 is 29.0 Å². The molecule has 2 aliphatic rings. The fraction of sp³-hybridized carbons (Fsp3) is 0.706. The number of amides is 2. The SMILES string of the molecule is COC(=O)[C@@H]1C[C@@H](O)[C@@H]2C/C=C\C[C@H](NC(=O)OC(C)(C)C)C(=O)N12. The van der Waals surface area contributed by atoms with Gasteiger partial charge in [0.05, 0.1) is 19.3 Å². The van der Waals surface area contributed by atoms with Crippen LogP contribution in [0.5, 0.6) is 0 Å². The van der Waals surface area contributed by atoms with Crippen LogP contribution in [0.2, 0.25) is 0 Å². The van der Waals surface area contributed by atoms with Crippen molar-refractivity contribution in [1.29, 1.82) is 0 Å². The van der Waals surface area contributed by atoms with Gasteiger partial charge >= 0.3 is 12.1 Å². The number of carbonyl (C=O) groups is 3. The van der Waals surface area contributed by atoms with Gasteiger partial charge in [0.25, 0.3) is 0 Å². The number of aliphatic hydroxyl groups excluding tert-OH is 1. The van der Waals surface area contributed by atoms with E-state index in [-0.39, 0.29) is 12.8 Å². The summed E-state index contributed by atoms with van der Waals surface area (Å²) in [5, 5.41) is 12.8. The molecule has 0 radical (unpaired) electrons. The molecule has 2 aliphatic heterocycles. The number of ether oxygens (including phenoxy) is 2. The van der Waals surface area contributed by atoms with E-state index in [4.69, 9.17) is 9.47 Å². The number of hydrogen-bond acceptors (Lipinski definition) is 6. The maximum absolute atomic E-state index is 13.0. The minimum absolute atomic E-state index is 0.121. The van der Waals surface area contributed by atoms with Gasteiger partial charge in [-0.3, -0.25) is 4.79 Å². The van der Waals surface area contributed by atoms with Crippen molar-refractivity contribution in [3.63, 3.8) is 0 Å². The van der Waals surface area contributed by atoms with Crippen LogP contribution in [-0.2, 0) is 19.1 Å². The zero-order valence-electron chi connectivity index (χ0n) is 15.0. The Morgan fingerprint density at radius 1 is 1.28 bits per heavy atom. The second-order valence-corrected chi connectivity index (χ2v) is 7.30. The minimum Gasteiger partial charge on any atom is -0.467 e. The summed E-state index contributed by atoms with van der Waals surface area (Å²) >= 11 is 0. The van der Waals surface area contributed by atoms with Gasteiger partial charge in [-0.05, 0) is 33.6 Å². The molecule has 4 atom stereocenters. The Balaban J connectivity index is 2.21. The first-order valence-corrected chi connectivity index (χ1v) is 8.36. The van der Waals surface area contributed by atoms with Crippen LogP contribution < -0.4 is 5.32 Å². The van der Waals surface area contributed by atoms with Crippen LogP contribution in [-0.4, -0.2) is 64.9 Å². The number of alkyl carbamates (subject to hydrolysis) is 1. The molecule has 2 amide bonds. The molecule has 8 nitrogen and oxygen atoms in total. The minimum atomic E-state index is -0.869. The topological polar surface area (TPSA) is 105 Å². The van der Waals surface area contributed by atoms with Crippen molar-refractivity contribution in [2.24, 2.45) is 0 Å². The van der Waals surface area contributed by atoms with Crippen LogP contribution in [0.15, 0.2) is 12.2 Å². The first kappa shape index (κ1) is 19.2. The Labute approximate surface area is 147 Å². The maximum atomic E-state index is 13.0. The lowest BCUT2D eigenvalue weighted by Gasteiger charge is -2.33. The third kappa shape index (κ3) is 4.50. The molecule has 0 bridgehead atoms. The average Bonchev–Trinajstić information content (AvgIpc) is 2.81. The Morgan fingerprint density at radius 2 is 1.92 bits per heavy atom. The molecule has 2 heterocycles. The van der Waals surface area contributed by atoms with E-state index in [2.05, 4.69) is 5.32 Å². The molecule has 0 spiro atoms. The van der Waals surface area contributed by atoms with Crippen molar-refractivity contribution in [3.05, 3.63) is 12.2 Å². The molecule has 8 heteroatoms. The molecule has 0 aromatic rings. The lowest BCUT2D eigenvalue weighted by atomic mass is 10.0. The molecular formula is C17H26N2O6. The second-order valence-electron chi connectivity index (χ2n) is 7.30. The van der Waals surface area contributed by atoms with Crippen molar-refractivity contribution >= 4 is 18.0 Å². The van der Waals surface area contributed by atoms with Crippen molar-refractivity contribution in [3.8, 4) is 0 Å².